The molecule has 1 N–H and O–H groups in total. The number of aryl methyl sites for hydroxylation is 3. The lowest BCUT2D eigenvalue weighted by atomic mass is 10.0. The number of hydrogen-bond acceptors (Lipinski definition) is 2. The van der Waals surface area contributed by atoms with Crippen molar-refractivity contribution >= 4 is 11.8 Å². The molecule has 2 rings (SSSR count). The molecular weight excluding hydrogens is 360 g/mol. The van der Waals surface area contributed by atoms with Crippen molar-refractivity contribution in [2.75, 3.05) is 6.54 Å². The van der Waals surface area contributed by atoms with Crippen LogP contribution in [-0.4, -0.2) is 29.3 Å². The molecule has 4 nitrogen and oxygen atoms in total. The molecule has 2 aromatic rings. The number of carbonyl (C=O) groups is 2. The number of nitrogens with zero attached hydrogens (tertiary/aromatic N) is 1. The van der Waals surface area contributed by atoms with Gasteiger partial charge in [-0.05, 0) is 55.4 Å². The molecular formula is C25H34N2O2. The highest BCUT2D eigenvalue weighted by molar-refractivity contribution is 5.87. The van der Waals surface area contributed by atoms with Crippen LogP contribution in [0.15, 0.2) is 48.5 Å². The number of carbonyl (C=O) groups excluding carboxylic acids is 2. The van der Waals surface area contributed by atoms with Gasteiger partial charge in [0.05, 0.1) is 0 Å². The summed E-state index contributed by atoms with van der Waals surface area (Å²) in [6, 6.07) is 15.9. The van der Waals surface area contributed by atoms with Gasteiger partial charge in [-0.3, -0.25) is 9.59 Å². The third-order valence-electron chi connectivity index (χ3n) is 5.38. The molecule has 0 heterocycles. The highest BCUT2D eigenvalue weighted by Crippen LogP contribution is 2.16. The zero-order valence-electron chi connectivity index (χ0n) is 18.2. The Morgan fingerprint density at radius 1 is 1.00 bits per heavy atom. The van der Waals surface area contributed by atoms with E-state index in [-0.39, 0.29) is 11.8 Å². The van der Waals surface area contributed by atoms with E-state index in [1.807, 2.05) is 45.0 Å². The van der Waals surface area contributed by atoms with Gasteiger partial charge in [0.1, 0.15) is 6.04 Å². The Hall–Kier alpha value is -2.62. The fourth-order valence-electron chi connectivity index (χ4n) is 3.29. The Kier molecular flexibility index (Phi) is 8.91. The van der Waals surface area contributed by atoms with Gasteiger partial charge < -0.3 is 10.2 Å². The van der Waals surface area contributed by atoms with Crippen molar-refractivity contribution in [2.45, 2.75) is 66.0 Å². The average molecular weight is 395 g/mol. The topological polar surface area (TPSA) is 49.4 Å². The Labute approximate surface area is 175 Å². The molecule has 0 aromatic heterocycles. The zero-order chi connectivity index (χ0) is 21.2. The summed E-state index contributed by atoms with van der Waals surface area (Å²) in [5, 5.41) is 2.92. The number of amides is 2. The minimum Gasteiger partial charge on any atom is -0.354 e. The second kappa shape index (κ2) is 11.4. The summed E-state index contributed by atoms with van der Waals surface area (Å²) in [6.07, 6.45) is 2.95. The first kappa shape index (κ1) is 22.7. The van der Waals surface area contributed by atoms with Gasteiger partial charge in [0.25, 0.3) is 0 Å². The molecule has 0 fully saturated rings. The molecule has 4 heteroatoms. The van der Waals surface area contributed by atoms with Crippen molar-refractivity contribution in [3.63, 3.8) is 0 Å². The van der Waals surface area contributed by atoms with Gasteiger partial charge in [0.2, 0.25) is 11.8 Å². The monoisotopic (exact) mass is 394 g/mol. The summed E-state index contributed by atoms with van der Waals surface area (Å²) >= 11 is 0. The summed E-state index contributed by atoms with van der Waals surface area (Å²) in [5.41, 5.74) is 4.64. The van der Waals surface area contributed by atoms with Crippen LogP contribution in [0.2, 0.25) is 0 Å². The quantitative estimate of drug-likeness (QED) is 0.648. The summed E-state index contributed by atoms with van der Waals surface area (Å²) in [4.78, 5) is 27.4. The third-order valence-corrected chi connectivity index (χ3v) is 5.38. The van der Waals surface area contributed by atoms with E-state index in [2.05, 4.69) is 36.5 Å². The lowest BCUT2D eigenvalue weighted by molar-refractivity contribution is -0.140. The molecule has 0 aliphatic carbocycles. The largest absolute Gasteiger partial charge is 0.354 e. The summed E-state index contributed by atoms with van der Waals surface area (Å²) in [7, 11) is 0. The van der Waals surface area contributed by atoms with Crippen LogP contribution in [0.25, 0.3) is 0 Å². The maximum atomic E-state index is 13.1. The normalized spacial score (nSPS) is 11.7. The average Bonchev–Trinajstić information content (AvgIpc) is 2.75. The van der Waals surface area contributed by atoms with Gasteiger partial charge in [-0.25, -0.2) is 0 Å². The van der Waals surface area contributed by atoms with Crippen LogP contribution in [-0.2, 0) is 29.0 Å². The predicted octanol–water partition coefficient (Wildman–Crippen LogP) is 4.43. The van der Waals surface area contributed by atoms with Crippen LogP contribution in [0.1, 0.15) is 55.9 Å². The van der Waals surface area contributed by atoms with Gasteiger partial charge in [-0.1, -0.05) is 62.4 Å². The smallest absolute Gasteiger partial charge is 0.242 e. The maximum Gasteiger partial charge on any atom is 0.242 e. The van der Waals surface area contributed by atoms with Crippen LogP contribution < -0.4 is 5.32 Å². The summed E-state index contributed by atoms with van der Waals surface area (Å²) < 4.78 is 0. The van der Waals surface area contributed by atoms with Gasteiger partial charge >= 0.3 is 0 Å². The Morgan fingerprint density at radius 2 is 1.66 bits per heavy atom. The first-order valence-corrected chi connectivity index (χ1v) is 10.7. The van der Waals surface area contributed by atoms with Crippen molar-refractivity contribution in [1.29, 1.82) is 0 Å². The predicted molar refractivity (Wildman–Crippen MR) is 119 cm³/mol. The molecule has 0 aliphatic heterocycles. The molecule has 0 spiro atoms. The molecule has 29 heavy (non-hydrogen) atoms. The molecule has 156 valence electrons. The molecule has 1 atom stereocenters. The highest BCUT2D eigenvalue weighted by atomic mass is 16.2. The molecule has 0 unspecified atom stereocenters. The fourth-order valence-corrected chi connectivity index (χ4v) is 3.29. The van der Waals surface area contributed by atoms with E-state index in [1.165, 1.54) is 5.56 Å². The van der Waals surface area contributed by atoms with Gasteiger partial charge in [-0.15, -0.1) is 0 Å². The maximum absolute atomic E-state index is 13.1. The van der Waals surface area contributed by atoms with Crippen LogP contribution in [0, 0.1) is 6.92 Å². The number of nitrogens with one attached hydrogen (secondary N) is 1. The first-order chi connectivity index (χ1) is 14.0. The molecule has 2 amide bonds. The van der Waals surface area contributed by atoms with E-state index in [0.717, 1.165) is 29.5 Å². The molecule has 2 aromatic carbocycles. The van der Waals surface area contributed by atoms with Crippen molar-refractivity contribution in [3.8, 4) is 0 Å². The lowest BCUT2D eigenvalue weighted by Crippen LogP contribution is -2.47. The van der Waals surface area contributed by atoms with E-state index in [9.17, 15) is 9.59 Å². The minimum absolute atomic E-state index is 0.00645. The van der Waals surface area contributed by atoms with E-state index in [0.29, 0.717) is 25.9 Å². The van der Waals surface area contributed by atoms with Crippen LogP contribution in [0.5, 0.6) is 0 Å². The van der Waals surface area contributed by atoms with E-state index < -0.39 is 6.04 Å². The number of hydrogen-bond donors (Lipinski definition) is 1. The van der Waals surface area contributed by atoms with E-state index in [4.69, 9.17) is 0 Å². The third kappa shape index (κ3) is 6.74. The Morgan fingerprint density at radius 3 is 2.28 bits per heavy atom. The minimum atomic E-state index is -0.504. The van der Waals surface area contributed by atoms with Gasteiger partial charge in [0, 0.05) is 19.5 Å². The van der Waals surface area contributed by atoms with Crippen molar-refractivity contribution in [2.24, 2.45) is 0 Å². The van der Waals surface area contributed by atoms with Crippen molar-refractivity contribution < 1.29 is 9.59 Å². The SMILES string of the molecule is CCCNC(=O)[C@H](C)N(Cc1ccccc1C)C(=O)CCc1ccc(CC)cc1. The molecule has 0 saturated carbocycles. The fraction of sp³-hybridized carbons (Fsp3) is 0.440. The number of rotatable bonds is 10. The highest BCUT2D eigenvalue weighted by Gasteiger charge is 2.26. The molecule has 0 aliphatic rings. The first-order valence-electron chi connectivity index (χ1n) is 10.7. The van der Waals surface area contributed by atoms with Crippen molar-refractivity contribution in [1.82, 2.24) is 10.2 Å². The summed E-state index contributed by atoms with van der Waals surface area (Å²) in [5.74, 6) is -0.0898. The number of benzene rings is 2. The van der Waals surface area contributed by atoms with Crippen LogP contribution in [0.3, 0.4) is 0 Å². The van der Waals surface area contributed by atoms with Gasteiger partial charge in [-0.2, -0.15) is 0 Å². The zero-order valence-corrected chi connectivity index (χ0v) is 18.2. The standard InChI is InChI=1S/C25H34N2O2/c1-5-17-26-25(29)20(4)27(18-23-10-8-7-9-19(23)3)24(28)16-15-22-13-11-21(6-2)12-14-22/h7-14,20H,5-6,15-18H2,1-4H3,(H,26,29)/t20-/m0/s1. The second-order valence-corrected chi connectivity index (χ2v) is 7.59. The van der Waals surface area contributed by atoms with Crippen LogP contribution >= 0.6 is 0 Å². The van der Waals surface area contributed by atoms with Crippen LogP contribution in [0.4, 0.5) is 0 Å². The van der Waals surface area contributed by atoms with Gasteiger partial charge in [0.15, 0.2) is 0 Å². The van der Waals surface area contributed by atoms with E-state index in [1.54, 1.807) is 4.90 Å². The molecule has 0 radical (unpaired) electrons. The lowest BCUT2D eigenvalue weighted by Gasteiger charge is -2.29. The molecule has 0 saturated heterocycles. The molecule has 0 bridgehead atoms. The Bertz CT molecular complexity index is 799. The second-order valence-electron chi connectivity index (χ2n) is 7.59. The summed E-state index contributed by atoms with van der Waals surface area (Å²) in [6.45, 7) is 9.07. The van der Waals surface area contributed by atoms with Crippen molar-refractivity contribution in [3.05, 3.63) is 70.8 Å². The Balaban J connectivity index is 2.12. The van der Waals surface area contributed by atoms with E-state index >= 15 is 0 Å².